The van der Waals surface area contributed by atoms with E-state index < -0.39 is 0 Å². The first-order chi connectivity index (χ1) is 14.6. The van der Waals surface area contributed by atoms with Crippen molar-refractivity contribution >= 4 is 35.1 Å². The summed E-state index contributed by atoms with van der Waals surface area (Å²) < 4.78 is 6.10. The van der Waals surface area contributed by atoms with Crippen LogP contribution in [0.1, 0.15) is 12.5 Å². The molecule has 0 aliphatic carbocycles. The zero-order valence-corrected chi connectivity index (χ0v) is 18.4. The van der Waals surface area contributed by atoms with Crippen molar-refractivity contribution < 1.29 is 9.53 Å². The maximum absolute atomic E-state index is 12.5. The number of amides is 1. The van der Waals surface area contributed by atoms with Gasteiger partial charge in [0.05, 0.1) is 17.1 Å². The number of carbonyl (C=O) groups is 1. The van der Waals surface area contributed by atoms with Crippen molar-refractivity contribution in [3.8, 4) is 5.75 Å². The van der Waals surface area contributed by atoms with E-state index in [2.05, 4.69) is 10.5 Å². The molecular weight excluding hydrogens is 412 g/mol. The summed E-state index contributed by atoms with van der Waals surface area (Å²) in [4.78, 5) is 14.7. The number of carbonyl (C=O) groups excluding carboxylic acids is 1. The van der Waals surface area contributed by atoms with Crippen LogP contribution in [0.15, 0.2) is 110 Å². The number of hydrogen-bond donors (Lipinski definition) is 1. The van der Waals surface area contributed by atoms with Crippen LogP contribution in [-0.2, 0) is 4.79 Å². The average Bonchev–Trinajstić information content (AvgIpc) is 2.79. The molecule has 0 saturated heterocycles. The van der Waals surface area contributed by atoms with Crippen LogP contribution in [0.25, 0.3) is 0 Å². The topological polar surface area (TPSA) is 50.7 Å². The Balaban J connectivity index is 1.74. The second kappa shape index (κ2) is 11.3. The number of ether oxygens (including phenoxy) is 1. The van der Waals surface area contributed by atoms with Gasteiger partial charge in [-0.2, -0.15) is 5.10 Å². The van der Waals surface area contributed by atoms with Crippen LogP contribution >= 0.6 is 23.5 Å². The number of thioether (sulfide) groups is 2. The summed E-state index contributed by atoms with van der Waals surface area (Å²) >= 11 is 3.09. The molecular formula is C24H22N2O2S2. The van der Waals surface area contributed by atoms with E-state index in [1.807, 2.05) is 91.9 Å². The molecule has 0 bridgehead atoms. The van der Waals surface area contributed by atoms with Crippen LogP contribution in [0.5, 0.6) is 5.75 Å². The number of nitrogens with zero attached hydrogens (tertiary/aromatic N) is 1. The largest absolute Gasteiger partial charge is 0.497 e. The Hall–Kier alpha value is -2.96. The van der Waals surface area contributed by atoms with Crippen molar-refractivity contribution in [2.75, 3.05) is 7.11 Å². The normalized spacial score (nSPS) is 10.9. The van der Waals surface area contributed by atoms with Gasteiger partial charge in [-0.25, -0.2) is 5.43 Å². The lowest BCUT2D eigenvalue weighted by Crippen LogP contribution is -2.17. The summed E-state index contributed by atoms with van der Waals surface area (Å²) in [7, 11) is 1.62. The molecule has 0 aliphatic rings. The molecule has 6 heteroatoms. The molecule has 3 aromatic rings. The van der Waals surface area contributed by atoms with Gasteiger partial charge in [-0.05, 0) is 43.3 Å². The van der Waals surface area contributed by atoms with Crippen LogP contribution in [0, 0.1) is 0 Å². The quantitative estimate of drug-likeness (QED) is 0.206. The molecule has 0 saturated carbocycles. The molecule has 3 rings (SSSR count). The molecule has 0 aliphatic heterocycles. The molecule has 4 nitrogen and oxygen atoms in total. The van der Waals surface area contributed by atoms with E-state index in [1.54, 1.807) is 36.7 Å². The fraction of sp³-hybridized carbons (Fsp3) is 0.0833. The van der Waals surface area contributed by atoms with Gasteiger partial charge in [0.1, 0.15) is 5.75 Å². The lowest BCUT2D eigenvalue weighted by atomic mass is 10.1. The van der Waals surface area contributed by atoms with E-state index >= 15 is 0 Å². The summed E-state index contributed by atoms with van der Waals surface area (Å²) in [6.07, 6.45) is 1.58. The standard InChI is InChI=1S/C24H22N2O2S2/c1-18(19-10-9-11-20(16-19)28-2)25-26-23(27)17-24(29-21-12-5-3-6-13-21)30-22-14-7-4-8-15-22/h3-17H,1-2H3,(H,26,27)/b25-18+. The molecule has 30 heavy (non-hydrogen) atoms. The number of nitrogens with one attached hydrogen (secondary N) is 1. The number of rotatable bonds is 8. The van der Waals surface area contributed by atoms with Crippen LogP contribution < -0.4 is 10.2 Å². The first-order valence-corrected chi connectivity index (χ1v) is 10.9. The Kier molecular flexibility index (Phi) is 8.18. The second-order valence-electron chi connectivity index (χ2n) is 6.20. The highest BCUT2D eigenvalue weighted by atomic mass is 32.2. The molecule has 1 N–H and O–H groups in total. The van der Waals surface area contributed by atoms with Gasteiger partial charge < -0.3 is 4.74 Å². The van der Waals surface area contributed by atoms with E-state index in [-0.39, 0.29) is 5.91 Å². The van der Waals surface area contributed by atoms with Crippen LogP contribution in [0.3, 0.4) is 0 Å². The van der Waals surface area contributed by atoms with E-state index in [0.29, 0.717) is 5.71 Å². The molecule has 0 fully saturated rings. The van der Waals surface area contributed by atoms with Gasteiger partial charge in [-0.1, -0.05) is 72.1 Å². The summed E-state index contributed by atoms with van der Waals surface area (Å²) in [5, 5.41) is 4.24. The van der Waals surface area contributed by atoms with Crippen molar-refractivity contribution in [3.05, 3.63) is 101 Å². The molecule has 0 atom stereocenters. The van der Waals surface area contributed by atoms with Crippen molar-refractivity contribution in [1.82, 2.24) is 5.43 Å². The Labute approximate surface area is 185 Å². The maximum atomic E-state index is 12.5. The van der Waals surface area contributed by atoms with Gasteiger partial charge in [0.15, 0.2) is 0 Å². The minimum absolute atomic E-state index is 0.279. The van der Waals surface area contributed by atoms with Gasteiger partial charge in [-0.15, -0.1) is 0 Å². The molecule has 0 aromatic heterocycles. The molecule has 3 aromatic carbocycles. The lowest BCUT2D eigenvalue weighted by molar-refractivity contribution is -0.116. The summed E-state index contributed by atoms with van der Waals surface area (Å²) in [6, 6.07) is 27.5. The predicted molar refractivity (Wildman–Crippen MR) is 126 cm³/mol. The highest BCUT2D eigenvalue weighted by Gasteiger charge is 2.07. The molecule has 0 heterocycles. The average molecular weight is 435 g/mol. The number of methoxy groups -OCH3 is 1. The maximum Gasteiger partial charge on any atom is 0.265 e. The smallest absolute Gasteiger partial charge is 0.265 e. The molecule has 0 radical (unpaired) electrons. The highest BCUT2D eigenvalue weighted by molar-refractivity contribution is 8.22. The number of benzene rings is 3. The van der Waals surface area contributed by atoms with Crippen LogP contribution in [0.2, 0.25) is 0 Å². The van der Waals surface area contributed by atoms with Crippen molar-refractivity contribution in [2.24, 2.45) is 5.10 Å². The predicted octanol–water partition coefficient (Wildman–Crippen LogP) is 5.96. The summed E-state index contributed by atoms with van der Waals surface area (Å²) in [6.45, 7) is 1.84. The van der Waals surface area contributed by atoms with Gasteiger partial charge in [0.25, 0.3) is 5.91 Å². The first-order valence-electron chi connectivity index (χ1n) is 9.30. The number of hydrazone groups is 1. The summed E-state index contributed by atoms with van der Waals surface area (Å²) in [5.41, 5.74) is 4.21. The summed E-state index contributed by atoms with van der Waals surface area (Å²) in [5.74, 6) is 0.466. The van der Waals surface area contributed by atoms with Crippen molar-refractivity contribution in [2.45, 2.75) is 16.7 Å². The Morgan fingerprint density at radius 1 is 0.900 bits per heavy atom. The highest BCUT2D eigenvalue weighted by Crippen LogP contribution is 2.38. The first kappa shape index (κ1) is 21.7. The second-order valence-corrected chi connectivity index (χ2v) is 8.69. The van der Waals surface area contributed by atoms with Gasteiger partial charge in [-0.3, -0.25) is 4.79 Å². The van der Waals surface area contributed by atoms with E-state index in [1.165, 1.54) is 0 Å². The van der Waals surface area contributed by atoms with E-state index in [9.17, 15) is 4.79 Å². The fourth-order valence-corrected chi connectivity index (χ4v) is 4.61. The zero-order chi connectivity index (χ0) is 21.2. The third-order valence-electron chi connectivity index (χ3n) is 3.99. The minimum Gasteiger partial charge on any atom is -0.497 e. The molecule has 1 amide bonds. The van der Waals surface area contributed by atoms with Crippen LogP contribution in [0.4, 0.5) is 0 Å². The van der Waals surface area contributed by atoms with Crippen molar-refractivity contribution in [1.29, 1.82) is 0 Å². The Morgan fingerprint density at radius 2 is 1.50 bits per heavy atom. The minimum atomic E-state index is -0.279. The monoisotopic (exact) mass is 434 g/mol. The van der Waals surface area contributed by atoms with Crippen molar-refractivity contribution in [3.63, 3.8) is 0 Å². The van der Waals surface area contributed by atoms with E-state index in [0.717, 1.165) is 25.3 Å². The fourth-order valence-electron chi connectivity index (χ4n) is 2.48. The molecule has 0 unspecified atom stereocenters. The SMILES string of the molecule is COc1cccc(/C(C)=N/NC(=O)C=C(Sc2ccccc2)Sc2ccccc2)c1. The zero-order valence-electron chi connectivity index (χ0n) is 16.7. The van der Waals surface area contributed by atoms with E-state index in [4.69, 9.17) is 4.74 Å². The Morgan fingerprint density at radius 3 is 2.07 bits per heavy atom. The van der Waals surface area contributed by atoms with Gasteiger partial charge in [0, 0.05) is 21.4 Å². The molecule has 152 valence electrons. The third-order valence-corrected chi connectivity index (χ3v) is 6.15. The Bertz CT molecular complexity index is 992. The lowest BCUT2D eigenvalue weighted by Gasteiger charge is -2.08. The van der Waals surface area contributed by atoms with Crippen LogP contribution in [-0.4, -0.2) is 18.7 Å². The van der Waals surface area contributed by atoms with Gasteiger partial charge in [0.2, 0.25) is 0 Å². The number of hydrogen-bond acceptors (Lipinski definition) is 5. The van der Waals surface area contributed by atoms with Gasteiger partial charge >= 0.3 is 0 Å². The third kappa shape index (κ3) is 6.83. The molecule has 0 spiro atoms.